The summed E-state index contributed by atoms with van der Waals surface area (Å²) in [6.07, 6.45) is 0. The SMILES string of the molecule is CCN(C(=O)CN(CCO)CCO)c1ccccc1. The first-order valence-corrected chi connectivity index (χ1v) is 6.52. The fraction of sp³-hybridized carbons (Fsp3) is 0.500. The van der Waals surface area contributed by atoms with Crippen molar-refractivity contribution in [3.8, 4) is 0 Å². The molecule has 1 amide bonds. The number of rotatable bonds is 8. The van der Waals surface area contributed by atoms with Crippen LogP contribution in [0.5, 0.6) is 0 Å². The van der Waals surface area contributed by atoms with Crippen LogP contribution in [0.4, 0.5) is 5.69 Å². The van der Waals surface area contributed by atoms with Gasteiger partial charge in [-0.25, -0.2) is 0 Å². The number of nitrogens with zero attached hydrogens (tertiary/aromatic N) is 2. The van der Waals surface area contributed by atoms with E-state index in [9.17, 15) is 4.79 Å². The first-order valence-electron chi connectivity index (χ1n) is 6.52. The van der Waals surface area contributed by atoms with Crippen LogP contribution >= 0.6 is 0 Å². The fourth-order valence-corrected chi connectivity index (χ4v) is 1.94. The lowest BCUT2D eigenvalue weighted by molar-refractivity contribution is -0.119. The number of carbonyl (C=O) groups is 1. The Balaban J connectivity index is 2.68. The third-order valence-corrected chi connectivity index (χ3v) is 2.88. The lowest BCUT2D eigenvalue weighted by Gasteiger charge is -2.26. The van der Waals surface area contributed by atoms with Crippen LogP contribution in [0.1, 0.15) is 6.92 Å². The Morgan fingerprint density at radius 1 is 1.11 bits per heavy atom. The molecule has 2 N–H and O–H groups in total. The number of amides is 1. The number of carbonyl (C=O) groups excluding carboxylic acids is 1. The van der Waals surface area contributed by atoms with Gasteiger partial charge in [-0.3, -0.25) is 9.69 Å². The highest BCUT2D eigenvalue weighted by molar-refractivity contribution is 5.94. The lowest BCUT2D eigenvalue weighted by Crippen LogP contribution is -2.42. The molecular weight excluding hydrogens is 244 g/mol. The Labute approximate surface area is 114 Å². The van der Waals surface area contributed by atoms with Gasteiger partial charge in [0.15, 0.2) is 0 Å². The molecule has 0 atom stereocenters. The summed E-state index contributed by atoms with van der Waals surface area (Å²) in [6.45, 7) is 3.44. The predicted octanol–water partition coefficient (Wildman–Crippen LogP) is 0.326. The molecular formula is C14H22N2O3. The van der Waals surface area contributed by atoms with Gasteiger partial charge in [0.1, 0.15) is 0 Å². The Kier molecular flexibility index (Phi) is 7.10. The number of aliphatic hydroxyl groups excluding tert-OH is 2. The molecule has 5 heteroatoms. The quantitative estimate of drug-likeness (QED) is 0.711. The largest absolute Gasteiger partial charge is 0.395 e. The first-order chi connectivity index (χ1) is 9.22. The summed E-state index contributed by atoms with van der Waals surface area (Å²) in [5.74, 6) is -0.0319. The van der Waals surface area contributed by atoms with Gasteiger partial charge in [0.25, 0.3) is 0 Å². The molecule has 0 aromatic heterocycles. The van der Waals surface area contributed by atoms with Crippen LogP contribution in [0.2, 0.25) is 0 Å². The molecule has 0 unspecified atom stereocenters. The molecule has 0 bridgehead atoms. The number of aliphatic hydroxyl groups is 2. The molecule has 1 aromatic carbocycles. The van der Waals surface area contributed by atoms with Crippen LogP contribution in [0.3, 0.4) is 0 Å². The van der Waals surface area contributed by atoms with Gasteiger partial charge in [0.05, 0.1) is 19.8 Å². The molecule has 0 aliphatic rings. The van der Waals surface area contributed by atoms with E-state index in [2.05, 4.69) is 0 Å². The smallest absolute Gasteiger partial charge is 0.241 e. The molecule has 0 aliphatic carbocycles. The molecule has 0 aliphatic heterocycles. The zero-order valence-electron chi connectivity index (χ0n) is 11.3. The van der Waals surface area contributed by atoms with Crippen molar-refractivity contribution >= 4 is 11.6 Å². The summed E-state index contributed by atoms with van der Waals surface area (Å²) in [5.41, 5.74) is 0.864. The standard InChI is InChI=1S/C14H22N2O3/c1-2-16(13-6-4-3-5-7-13)14(19)12-15(8-10-17)9-11-18/h3-7,17-18H,2,8-12H2,1H3. The van der Waals surface area contributed by atoms with Crippen LogP contribution in [0.25, 0.3) is 0 Å². The summed E-state index contributed by atoms with van der Waals surface area (Å²) >= 11 is 0. The zero-order valence-corrected chi connectivity index (χ0v) is 11.3. The Bertz CT molecular complexity index is 364. The fourth-order valence-electron chi connectivity index (χ4n) is 1.94. The van der Waals surface area contributed by atoms with Gasteiger partial charge < -0.3 is 15.1 Å². The van der Waals surface area contributed by atoms with E-state index in [4.69, 9.17) is 10.2 Å². The van der Waals surface area contributed by atoms with Crippen molar-refractivity contribution < 1.29 is 15.0 Å². The molecule has 1 aromatic rings. The van der Waals surface area contributed by atoms with Crippen LogP contribution in [-0.4, -0.2) is 60.4 Å². The summed E-state index contributed by atoms with van der Waals surface area (Å²) in [5, 5.41) is 17.9. The number of anilines is 1. The van der Waals surface area contributed by atoms with E-state index in [0.717, 1.165) is 5.69 Å². The average Bonchev–Trinajstić information content (AvgIpc) is 2.41. The van der Waals surface area contributed by atoms with Crippen LogP contribution < -0.4 is 4.90 Å². The second kappa shape index (κ2) is 8.63. The van der Waals surface area contributed by atoms with Crippen molar-refractivity contribution in [2.45, 2.75) is 6.92 Å². The Morgan fingerprint density at radius 2 is 1.68 bits per heavy atom. The van der Waals surface area contributed by atoms with Gasteiger partial charge in [-0.05, 0) is 19.1 Å². The topological polar surface area (TPSA) is 64.0 Å². The van der Waals surface area contributed by atoms with E-state index in [1.807, 2.05) is 37.3 Å². The third-order valence-electron chi connectivity index (χ3n) is 2.88. The highest BCUT2D eigenvalue weighted by Gasteiger charge is 2.16. The average molecular weight is 266 g/mol. The maximum Gasteiger partial charge on any atom is 0.241 e. The number of benzene rings is 1. The van der Waals surface area contributed by atoms with Gasteiger partial charge in [-0.2, -0.15) is 0 Å². The van der Waals surface area contributed by atoms with E-state index < -0.39 is 0 Å². The summed E-state index contributed by atoms with van der Waals surface area (Å²) < 4.78 is 0. The van der Waals surface area contributed by atoms with Gasteiger partial charge in [-0.1, -0.05) is 18.2 Å². The molecule has 0 saturated heterocycles. The van der Waals surface area contributed by atoms with Gasteiger partial charge in [0, 0.05) is 25.3 Å². The van der Waals surface area contributed by atoms with Crippen molar-refractivity contribution in [2.24, 2.45) is 0 Å². The molecule has 0 spiro atoms. The lowest BCUT2D eigenvalue weighted by atomic mass is 10.2. The molecule has 0 saturated carbocycles. The zero-order chi connectivity index (χ0) is 14.1. The molecule has 5 nitrogen and oxygen atoms in total. The van der Waals surface area contributed by atoms with Gasteiger partial charge in [0.2, 0.25) is 5.91 Å². The van der Waals surface area contributed by atoms with E-state index in [0.29, 0.717) is 19.6 Å². The number of para-hydroxylation sites is 1. The minimum absolute atomic E-state index is 0.0231. The maximum atomic E-state index is 12.3. The van der Waals surface area contributed by atoms with E-state index >= 15 is 0 Å². The highest BCUT2D eigenvalue weighted by atomic mass is 16.3. The minimum Gasteiger partial charge on any atom is -0.395 e. The molecule has 106 valence electrons. The predicted molar refractivity (Wildman–Crippen MR) is 75.1 cm³/mol. The summed E-state index contributed by atoms with van der Waals surface area (Å²) in [6, 6.07) is 9.48. The second-order valence-corrected chi connectivity index (χ2v) is 4.20. The van der Waals surface area contributed by atoms with Crippen molar-refractivity contribution in [1.82, 2.24) is 4.90 Å². The van der Waals surface area contributed by atoms with Gasteiger partial charge >= 0.3 is 0 Å². The minimum atomic E-state index is -0.0319. The molecule has 0 radical (unpaired) electrons. The van der Waals surface area contributed by atoms with Crippen molar-refractivity contribution in [1.29, 1.82) is 0 Å². The summed E-state index contributed by atoms with van der Waals surface area (Å²) in [4.78, 5) is 15.7. The van der Waals surface area contributed by atoms with E-state index in [1.54, 1.807) is 9.80 Å². The van der Waals surface area contributed by atoms with Crippen molar-refractivity contribution in [2.75, 3.05) is 44.3 Å². The first kappa shape index (κ1) is 15.6. The molecule has 0 fully saturated rings. The maximum absolute atomic E-state index is 12.3. The number of hydrogen-bond donors (Lipinski definition) is 2. The van der Waals surface area contributed by atoms with Gasteiger partial charge in [-0.15, -0.1) is 0 Å². The van der Waals surface area contributed by atoms with Crippen LogP contribution in [0.15, 0.2) is 30.3 Å². The number of hydrogen-bond acceptors (Lipinski definition) is 4. The third kappa shape index (κ3) is 4.98. The Hall–Kier alpha value is -1.43. The number of likely N-dealkylation sites (N-methyl/N-ethyl adjacent to an activating group) is 1. The van der Waals surface area contributed by atoms with Crippen LogP contribution in [0, 0.1) is 0 Å². The second-order valence-electron chi connectivity index (χ2n) is 4.20. The van der Waals surface area contributed by atoms with E-state index in [-0.39, 0.29) is 25.7 Å². The Morgan fingerprint density at radius 3 is 2.16 bits per heavy atom. The summed E-state index contributed by atoms with van der Waals surface area (Å²) in [7, 11) is 0. The van der Waals surface area contributed by atoms with E-state index in [1.165, 1.54) is 0 Å². The highest BCUT2D eigenvalue weighted by Crippen LogP contribution is 2.13. The molecule has 1 rings (SSSR count). The van der Waals surface area contributed by atoms with Crippen LogP contribution in [-0.2, 0) is 4.79 Å². The monoisotopic (exact) mass is 266 g/mol. The van der Waals surface area contributed by atoms with Crippen molar-refractivity contribution in [3.63, 3.8) is 0 Å². The normalized spacial score (nSPS) is 10.7. The molecule has 19 heavy (non-hydrogen) atoms. The van der Waals surface area contributed by atoms with Crippen molar-refractivity contribution in [3.05, 3.63) is 30.3 Å². The molecule has 0 heterocycles.